The van der Waals surface area contributed by atoms with Gasteiger partial charge in [-0.3, -0.25) is 0 Å². The van der Waals surface area contributed by atoms with Crippen LogP contribution in [0.1, 0.15) is 20.3 Å². The van der Waals surface area contributed by atoms with E-state index < -0.39 is 0 Å². The molecule has 0 aliphatic carbocycles. The van der Waals surface area contributed by atoms with Crippen molar-refractivity contribution >= 4 is 0 Å². The molecular weight excluding hydrogens is 212 g/mol. The number of hydrogen-bond acceptors (Lipinski definition) is 0. The quantitative estimate of drug-likeness (QED) is 0.546. The van der Waals surface area contributed by atoms with E-state index in [9.17, 15) is 0 Å². The van der Waals surface area contributed by atoms with Crippen LogP contribution in [0, 0.1) is 0 Å². The van der Waals surface area contributed by atoms with Gasteiger partial charge in [0, 0.05) is 0 Å². The smallest absolute Gasteiger partial charge is 0.240 e. The van der Waals surface area contributed by atoms with E-state index in [1.54, 1.807) is 0 Å². The van der Waals surface area contributed by atoms with Crippen LogP contribution in [0.3, 0.4) is 0 Å². The number of nitrogens with zero attached hydrogens (tertiary/aromatic N) is 4. The van der Waals surface area contributed by atoms with Crippen LogP contribution in [0.2, 0.25) is 0 Å². The van der Waals surface area contributed by atoms with Crippen molar-refractivity contribution in [2.75, 3.05) is 0 Å². The maximum Gasteiger partial charge on any atom is 0.243 e. The van der Waals surface area contributed by atoms with Crippen LogP contribution in [-0.2, 0) is 27.2 Å². The van der Waals surface area contributed by atoms with Crippen molar-refractivity contribution in [2.45, 2.75) is 33.4 Å². The Bertz CT molecular complexity index is 399. The molecule has 2 heterocycles. The van der Waals surface area contributed by atoms with E-state index >= 15 is 0 Å². The minimum absolute atomic E-state index is 0. The molecule has 0 saturated carbocycles. The lowest BCUT2D eigenvalue weighted by Gasteiger charge is -1.96. The van der Waals surface area contributed by atoms with Gasteiger partial charge in [-0.2, -0.15) is 0 Å². The van der Waals surface area contributed by atoms with Crippen LogP contribution in [-0.4, -0.2) is 9.13 Å². The Morgan fingerprint density at radius 1 is 0.824 bits per heavy atom. The highest BCUT2D eigenvalue weighted by molar-refractivity contribution is 4.67. The first-order valence-electron chi connectivity index (χ1n) is 5.76. The van der Waals surface area contributed by atoms with Gasteiger partial charge in [0.2, 0.25) is 12.7 Å². The molecule has 0 N–H and O–H groups in total. The van der Waals surface area contributed by atoms with Gasteiger partial charge in [0.1, 0.15) is 24.8 Å². The van der Waals surface area contributed by atoms with E-state index in [0.29, 0.717) is 0 Å². The molecule has 0 fully saturated rings. The van der Waals surface area contributed by atoms with Crippen molar-refractivity contribution in [3.63, 3.8) is 0 Å². The van der Waals surface area contributed by atoms with E-state index in [1.807, 2.05) is 0 Å². The van der Waals surface area contributed by atoms with Crippen molar-refractivity contribution < 1.29 is 9.13 Å². The zero-order valence-corrected chi connectivity index (χ0v) is 10.1. The Balaban J connectivity index is 0.00000144. The average Bonchev–Trinajstić information content (AvgIpc) is 2.83. The first-order chi connectivity index (χ1) is 7.74. The van der Waals surface area contributed by atoms with Crippen molar-refractivity contribution in [2.24, 2.45) is 14.1 Å². The molecule has 0 aliphatic rings. The van der Waals surface area contributed by atoms with E-state index in [0.717, 1.165) is 13.1 Å². The second-order valence-corrected chi connectivity index (χ2v) is 4.34. The first-order valence-corrected chi connectivity index (χ1v) is 5.76. The zero-order valence-electron chi connectivity index (χ0n) is 10.1. The summed E-state index contributed by atoms with van der Waals surface area (Å²) in [5, 5.41) is 0. The van der Waals surface area contributed by atoms with Gasteiger partial charge >= 0.3 is 0 Å². The number of hydrogen-bond donors (Lipinski definition) is 0. The SMILES string of the molecule is C.C[n+]1ccn(CCCCn2cc[n+](C)c2)c1. The van der Waals surface area contributed by atoms with Crippen LogP contribution in [0.5, 0.6) is 0 Å². The Hall–Kier alpha value is -1.58. The molecule has 17 heavy (non-hydrogen) atoms. The third kappa shape index (κ3) is 4.06. The van der Waals surface area contributed by atoms with Crippen LogP contribution >= 0.6 is 0 Å². The Kier molecular flexibility index (Phi) is 4.94. The van der Waals surface area contributed by atoms with Crippen molar-refractivity contribution in [3.8, 4) is 0 Å². The van der Waals surface area contributed by atoms with Gasteiger partial charge in [0.05, 0.1) is 27.2 Å². The third-order valence-corrected chi connectivity index (χ3v) is 2.73. The fourth-order valence-corrected chi connectivity index (χ4v) is 1.86. The van der Waals surface area contributed by atoms with Gasteiger partial charge in [-0.05, 0) is 12.8 Å². The summed E-state index contributed by atoms with van der Waals surface area (Å²) in [7, 11) is 4.10. The average molecular weight is 236 g/mol. The lowest BCUT2D eigenvalue weighted by Crippen LogP contribution is -2.24. The molecule has 4 nitrogen and oxygen atoms in total. The zero-order chi connectivity index (χ0) is 11.4. The van der Waals surface area contributed by atoms with E-state index in [-0.39, 0.29) is 7.43 Å². The number of imidazole rings is 2. The molecule has 4 heteroatoms. The standard InChI is InChI=1S/C12H20N4.CH4/c1-13-7-9-15(11-13)5-3-4-6-16-10-8-14(2)12-16;/h7-12H,3-6H2,1-2H3;1H4/q+2;. The number of aryl methyl sites for hydroxylation is 4. The highest BCUT2D eigenvalue weighted by Crippen LogP contribution is 1.97. The maximum atomic E-state index is 2.23. The molecular formula is C13H24N4+2. The summed E-state index contributed by atoms with van der Waals surface area (Å²) >= 11 is 0. The second kappa shape index (κ2) is 6.23. The van der Waals surface area contributed by atoms with E-state index in [1.165, 1.54) is 12.8 Å². The molecule has 0 atom stereocenters. The molecule has 0 aliphatic heterocycles. The van der Waals surface area contributed by atoms with Gasteiger partial charge in [0.15, 0.2) is 0 Å². The van der Waals surface area contributed by atoms with Crippen LogP contribution in [0.15, 0.2) is 37.4 Å². The predicted octanol–water partition coefficient (Wildman–Crippen LogP) is 1.06. The van der Waals surface area contributed by atoms with Gasteiger partial charge < -0.3 is 0 Å². The largest absolute Gasteiger partial charge is 0.243 e. The number of rotatable bonds is 5. The number of aromatic nitrogens is 4. The van der Waals surface area contributed by atoms with Crippen molar-refractivity contribution in [1.82, 2.24) is 9.13 Å². The molecule has 0 unspecified atom stereocenters. The molecule has 2 rings (SSSR count). The van der Waals surface area contributed by atoms with Gasteiger partial charge in [0.25, 0.3) is 0 Å². The summed E-state index contributed by atoms with van der Waals surface area (Å²) in [6.45, 7) is 2.21. The first kappa shape index (κ1) is 13.5. The topological polar surface area (TPSA) is 17.6 Å². The molecule has 0 bridgehead atoms. The summed E-state index contributed by atoms with van der Waals surface area (Å²) in [4.78, 5) is 0. The van der Waals surface area contributed by atoms with E-state index in [4.69, 9.17) is 0 Å². The highest BCUT2D eigenvalue weighted by Gasteiger charge is 2.02. The molecule has 0 saturated heterocycles. The molecule has 0 amide bonds. The van der Waals surface area contributed by atoms with Crippen molar-refractivity contribution in [1.29, 1.82) is 0 Å². The summed E-state index contributed by atoms with van der Waals surface area (Å²) in [6, 6.07) is 0. The lowest BCUT2D eigenvalue weighted by molar-refractivity contribution is -0.671. The normalized spacial score (nSPS) is 10.2. The fourth-order valence-electron chi connectivity index (χ4n) is 1.86. The van der Waals surface area contributed by atoms with E-state index in [2.05, 4.69) is 69.8 Å². The van der Waals surface area contributed by atoms with Gasteiger partial charge in [-0.1, -0.05) is 7.43 Å². The Labute approximate surface area is 104 Å². The molecule has 0 radical (unpaired) electrons. The maximum absolute atomic E-state index is 2.23. The molecule has 2 aromatic heterocycles. The highest BCUT2D eigenvalue weighted by atomic mass is 15.1. The number of unbranched alkanes of at least 4 members (excludes halogenated alkanes) is 1. The van der Waals surface area contributed by atoms with Crippen molar-refractivity contribution in [3.05, 3.63) is 37.4 Å². The van der Waals surface area contributed by atoms with Crippen LogP contribution in [0.4, 0.5) is 0 Å². The molecule has 94 valence electrons. The summed E-state index contributed by atoms with van der Waals surface area (Å²) in [6.07, 6.45) is 15.1. The summed E-state index contributed by atoms with van der Waals surface area (Å²) in [5.41, 5.74) is 0. The minimum atomic E-state index is 0. The Morgan fingerprint density at radius 3 is 1.53 bits per heavy atom. The second-order valence-electron chi connectivity index (χ2n) is 4.34. The summed E-state index contributed by atoms with van der Waals surface area (Å²) in [5.74, 6) is 0. The third-order valence-electron chi connectivity index (χ3n) is 2.73. The van der Waals surface area contributed by atoms with Gasteiger partial charge in [-0.25, -0.2) is 18.3 Å². The monoisotopic (exact) mass is 236 g/mol. The molecule has 0 spiro atoms. The van der Waals surface area contributed by atoms with Crippen LogP contribution < -0.4 is 9.13 Å². The minimum Gasteiger partial charge on any atom is -0.240 e. The molecule has 2 aromatic rings. The van der Waals surface area contributed by atoms with Crippen LogP contribution in [0.25, 0.3) is 0 Å². The predicted molar refractivity (Wildman–Crippen MR) is 67.2 cm³/mol. The summed E-state index contributed by atoms with van der Waals surface area (Å²) < 4.78 is 8.61. The van der Waals surface area contributed by atoms with Gasteiger partial charge in [-0.15, -0.1) is 0 Å². The molecule has 0 aromatic carbocycles. The fraction of sp³-hybridized carbons (Fsp3) is 0.538. The Morgan fingerprint density at radius 2 is 1.24 bits per heavy atom. The lowest BCUT2D eigenvalue weighted by atomic mass is 10.3.